The highest BCUT2D eigenvalue weighted by molar-refractivity contribution is 7.12. The van der Waals surface area contributed by atoms with E-state index >= 15 is 0 Å². The minimum Gasteiger partial charge on any atom is -0.496 e. The maximum atomic E-state index is 10.3. The SMILES string of the molecule is CCc1ccc(C(O)Cc2cc(Cl)ccc2OC)s1. The van der Waals surface area contributed by atoms with Crippen molar-refractivity contribution >= 4 is 22.9 Å². The first-order valence-electron chi connectivity index (χ1n) is 6.23. The van der Waals surface area contributed by atoms with Crippen LogP contribution in [0.25, 0.3) is 0 Å². The average molecular weight is 297 g/mol. The fourth-order valence-corrected chi connectivity index (χ4v) is 3.11. The number of hydrogen-bond donors (Lipinski definition) is 1. The molecule has 0 amide bonds. The van der Waals surface area contributed by atoms with Gasteiger partial charge in [-0.15, -0.1) is 11.3 Å². The molecule has 0 bridgehead atoms. The van der Waals surface area contributed by atoms with E-state index < -0.39 is 6.10 Å². The third-order valence-corrected chi connectivity index (χ3v) is 4.58. The van der Waals surface area contributed by atoms with Crippen molar-refractivity contribution in [3.63, 3.8) is 0 Å². The lowest BCUT2D eigenvalue weighted by Gasteiger charge is -2.12. The van der Waals surface area contributed by atoms with Gasteiger partial charge in [0.1, 0.15) is 5.75 Å². The Hall–Kier alpha value is -1.03. The zero-order valence-corrected chi connectivity index (χ0v) is 12.6. The Kier molecular flexibility index (Phi) is 4.86. The predicted molar refractivity (Wildman–Crippen MR) is 80.4 cm³/mol. The van der Waals surface area contributed by atoms with Gasteiger partial charge >= 0.3 is 0 Å². The summed E-state index contributed by atoms with van der Waals surface area (Å²) in [6, 6.07) is 9.52. The summed E-state index contributed by atoms with van der Waals surface area (Å²) < 4.78 is 5.30. The summed E-state index contributed by atoms with van der Waals surface area (Å²) in [4.78, 5) is 2.27. The normalized spacial score (nSPS) is 12.4. The van der Waals surface area contributed by atoms with Crippen LogP contribution in [0.15, 0.2) is 30.3 Å². The van der Waals surface area contributed by atoms with Crippen molar-refractivity contribution in [1.29, 1.82) is 0 Å². The van der Waals surface area contributed by atoms with Crippen molar-refractivity contribution in [1.82, 2.24) is 0 Å². The molecule has 0 aliphatic carbocycles. The van der Waals surface area contributed by atoms with Gasteiger partial charge in [0.25, 0.3) is 0 Å². The Bertz CT molecular complexity index is 551. The van der Waals surface area contributed by atoms with Gasteiger partial charge in [-0.05, 0) is 42.3 Å². The monoisotopic (exact) mass is 296 g/mol. The fraction of sp³-hybridized carbons (Fsp3) is 0.333. The van der Waals surface area contributed by atoms with E-state index in [0.29, 0.717) is 11.4 Å². The summed E-state index contributed by atoms with van der Waals surface area (Å²) in [5.74, 6) is 0.760. The molecule has 2 rings (SSSR count). The van der Waals surface area contributed by atoms with Gasteiger partial charge in [-0.2, -0.15) is 0 Å². The molecular weight excluding hydrogens is 280 g/mol. The topological polar surface area (TPSA) is 29.5 Å². The van der Waals surface area contributed by atoms with Gasteiger partial charge in [-0.1, -0.05) is 18.5 Å². The molecule has 0 saturated carbocycles. The first kappa shape index (κ1) is 14.4. The van der Waals surface area contributed by atoms with Crippen LogP contribution in [0, 0.1) is 0 Å². The van der Waals surface area contributed by atoms with Gasteiger partial charge < -0.3 is 9.84 Å². The van der Waals surface area contributed by atoms with Crippen LogP contribution in [0.1, 0.15) is 28.3 Å². The molecular formula is C15H17ClO2S. The van der Waals surface area contributed by atoms with Gasteiger partial charge in [0, 0.05) is 21.2 Å². The smallest absolute Gasteiger partial charge is 0.122 e. The number of hydrogen-bond acceptors (Lipinski definition) is 3. The number of rotatable bonds is 5. The lowest BCUT2D eigenvalue weighted by atomic mass is 10.1. The van der Waals surface area contributed by atoms with Crippen molar-refractivity contribution in [2.75, 3.05) is 7.11 Å². The van der Waals surface area contributed by atoms with Crippen LogP contribution in [-0.2, 0) is 12.8 Å². The van der Waals surface area contributed by atoms with Gasteiger partial charge in [-0.25, -0.2) is 0 Å². The average Bonchev–Trinajstić information content (AvgIpc) is 2.88. The van der Waals surface area contributed by atoms with Gasteiger partial charge in [-0.3, -0.25) is 0 Å². The molecule has 0 spiro atoms. The van der Waals surface area contributed by atoms with Crippen molar-refractivity contribution in [2.45, 2.75) is 25.9 Å². The standard InChI is InChI=1S/C15H17ClO2S/c1-3-12-5-7-15(19-12)13(17)9-10-8-11(16)4-6-14(10)18-2/h4-8,13,17H,3,9H2,1-2H3. The Morgan fingerprint density at radius 3 is 2.74 bits per heavy atom. The lowest BCUT2D eigenvalue weighted by Crippen LogP contribution is -2.01. The molecule has 1 N–H and O–H groups in total. The van der Waals surface area contributed by atoms with Crippen LogP contribution in [-0.4, -0.2) is 12.2 Å². The number of aryl methyl sites for hydroxylation is 1. The fourth-order valence-electron chi connectivity index (χ4n) is 1.98. The van der Waals surface area contributed by atoms with Crippen LogP contribution < -0.4 is 4.74 Å². The number of thiophene rings is 1. The number of benzene rings is 1. The molecule has 1 aromatic heterocycles. The number of ether oxygens (including phenoxy) is 1. The quantitative estimate of drug-likeness (QED) is 0.894. The molecule has 102 valence electrons. The van der Waals surface area contributed by atoms with Crippen LogP contribution in [0.4, 0.5) is 0 Å². The number of aliphatic hydroxyl groups excluding tert-OH is 1. The van der Waals surface area contributed by atoms with E-state index in [1.807, 2.05) is 18.2 Å². The molecule has 0 aliphatic rings. The highest BCUT2D eigenvalue weighted by atomic mass is 35.5. The molecule has 1 heterocycles. The highest BCUT2D eigenvalue weighted by Crippen LogP contribution is 2.30. The molecule has 0 saturated heterocycles. The molecule has 4 heteroatoms. The minimum atomic E-state index is -0.516. The molecule has 19 heavy (non-hydrogen) atoms. The lowest BCUT2D eigenvalue weighted by molar-refractivity contribution is 0.181. The van der Waals surface area contributed by atoms with Crippen LogP contribution in [0.2, 0.25) is 5.02 Å². The van der Waals surface area contributed by atoms with Crippen molar-refractivity contribution in [3.8, 4) is 5.75 Å². The predicted octanol–water partition coefficient (Wildman–Crippen LogP) is 4.25. The molecule has 1 unspecified atom stereocenters. The second-order valence-corrected chi connectivity index (χ2v) is 5.97. The third-order valence-electron chi connectivity index (χ3n) is 3.02. The Labute approximate surface area is 122 Å². The van der Waals surface area contributed by atoms with Gasteiger partial charge in [0.15, 0.2) is 0 Å². The molecule has 0 aliphatic heterocycles. The number of methoxy groups -OCH3 is 1. The second-order valence-electron chi connectivity index (χ2n) is 4.33. The summed E-state index contributed by atoms with van der Waals surface area (Å²) in [5, 5.41) is 11.0. The summed E-state index contributed by atoms with van der Waals surface area (Å²) in [5.41, 5.74) is 0.925. The van der Waals surface area contributed by atoms with Gasteiger partial charge in [0.05, 0.1) is 13.2 Å². The van der Waals surface area contributed by atoms with Crippen molar-refractivity contribution < 1.29 is 9.84 Å². The van der Waals surface area contributed by atoms with Crippen LogP contribution in [0.5, 0.6) is 5.75 Å². The van der Waals surface area contributed by atoms with Crippen molar-refractivity contribution in [2.24, 2.45) is 0 Å². The third kappa shape index (κ3) is 3.50. The van der Waals surface area contributed by atoms with Crippen LogP contribution >= 0.6 is 22.9 Å². The Balaban J connectivity index is 2.18. The maximum absolute atomic E-state index is 10.3. The Morgan fingerprint density at radius 1 is 1.32 bits per heavy atom. The summed E-state index contributed by atoms with van der Waals surface area (Å²) >= 11 is 7.65. The molecule has 0 fully saturated rings. The molecule has 1 aromatic carbocycles. The highest BCUT2D eigenvalue weighted by Gasteiger charge is 2.14. The van der Waals surface area contributed by atoms with Gasteiger partial charge in [0.2, 0.25) is 0 Å². The zero-order chi connectivity index (χ0) is 13.8. The summed E-state index contributed by atoms with van der Waals surface area (Å²) in [6.07, 6.45) is 0.989. The largest absolute Gasteiger partial charge is 0.496 e. The van der Waals surface area contributed by atoms with E-state index in [2.05, 4.69) is 13.0 Å². The summed E-state index contributed by atoms with van der Waals surface area (Å²) in [7, 11) is 1.62. The van der Waals surface area contributed by atoms with E-state index in [1.54, 1.807) is 24.5 Å². The number of halogens is 1. The van der Waals surface area contributed by atoms with Crippen molar-refractivity contribution in [3.05, 3.63) is 50.7 Å². The van der Waals surface area contributed by atoms with E-state index in [4.69, 9.17) is 16.3 Å². The molecule has 2 nitrogen and oxygen atoms in total. The minimum absolute atomic E-state index is 0.507. The first-order valence-corrected chi connectivity index (χ1v) is 7.42. The zero-order valence-electron chi connectivity index (χ0n) is 11.0. The molecule has 0 radical (unpaired) electrons. The molecule has 1 atom stereocenters. The molecule has 2 aromatic rings. The van der Waals surface area contributed by atoms with Crippen LogP contribution in [0.3, 0.4) is 0 Å². The first-order chi connectivity index (χ1) is 9.13. The number of aliphatic hydroxyl groups is 1. The summed E-state index contributed by atoms with van der Waals surface area (Å²) in [6.45, 7) is 2.11. The Morgan fingerprint density at radius 2 is 2.11 bits per heavy atom. The van der Waals surface area contributed by atoms with E-state index in [1.165, 1.54) is 4.88 Å². The van der Waals surface area contributed by atoms with E-state index in [-0.39, 0.29) is 0 Å². The van der Waals surface area contributed by atoms with E-state index in [0.717, 1.165) is 22.6 Å². The maximum Gasteiger partial charge on any atom is 0.122 e. The second kappa shape index (κ2) is 6.42. The van der Waals surface area contributed by atoms with E-state index in [9.17, 15) is 5.11 Å².